The first-order chi connectivity index (χ1) is 17.8. The number of carbonyl (C=O) groups excluding carboxylic acids is 1. The second-order valence-electron chi connectivity index (χ2n) is 10.4. The number of hydrogen-bond donors (Lipinski definition) is 2. The summed E-state index contributed by atoms with van der Waals surface area (Å²) in [4.78, 5) is 32.8. The molecule has 0 spiro atoms. The number of nitrogens with two attached hydrogens (primary N) is 1. The highest BCUT2D eigenvalue weighted by molar-refractivity contribution is 5.94. The Balaban J connectivity index is 1.35. The number of aromatic nitrogens is 2. The first-order valence-corrected chi connectivity index (χ1v) is 13.0. The van der Waals surface area contributed by atoms with E-state index in [2.05, 4.69) is 15.2 Å². The number of carbonyl (C=O) groups is 1. The first-order valence-electron chi connectivity index (χ1n) is 13.0. The third-order valence-electron chi connectivity index (χ3n) is 7.83. The Morgan fingerprint density at radius 3 is 2.62 bits per heavy atom. The fraction of sp³-hybridized carbons (Fsp3) is 0.464. The van der Waals surface area contributed by atoms with Crippen LogP contribution in [0.3, 0.4) is 0 Å². The molecule has 0 bridgehead atoms. The Kier molecular flexibility index (Phi) is 7.35. The molecule has 9 heteroatoms. The molecule has 0 aromatic carbocycles. The lowest BCUT2D eigenvalue weighted by Gasteiger charge is -2.39. The highest BCUT2D eigenvalue weighted by atomic mass is 19.3. The molecule has 37 heavy (non-hydrogen) atoms. The van der Waals surface area contributed by atoms with E-state index in [0.717, 1.165) is 36.8 Å². The standard InChI is InChI=1S/C28H33F2N5O2/c29-25(30)19-9-12-32-24(17-19)28(31)10-14-34(15-11-28)18-20-16-22(26(36)33-21-6-2-1-3-7-21)27(37)35-13-5-4-8-23(20)35/h4-5,8-9,12-13,16-17,21,25H,1-3,6-7,10-11,14-15,18,31H2,(H,33,36). The second kappa shape index (κ2) is 10.7. The molecular formula is C28H33F2N5O2. The van der Waals surface area contributed by atoms with Gasteiger partial charge in [-0.3, -0.25) is 23.9 Å². The van der Waals surface area contributed by atoms with Crippen LogP contribution in [0, 0.1) is 0 Å². The molecule has 1 saturated heterocycles. The monoisotopic (exact) mass is 509 g/mol. The minimum Gasteiger partial charge on any atom is -0.349 e. The molecule has 0 radical (unpaired) electrons. The summed E-state index contributed by atoms with van der Waals surface area (Å²) in [6.45, 7) is 1.82. The lowest BCUT2D eigenvalue weighted by Crippen LogP contribution is -2.48. The number of pyridine rings is 3. The maximum atomic E-state index is 13.2. The SMILES string of the molecule is NC1(c2cc(C(F)F)ccn2)CCN(Cc2cc(C(=O)NC3CCCCC3)c(=O)n3ccccc23)CC1. The van der Waals surface area contributed by atoms with E-state index in [9.17, 15) is 18.4 Å². The summed E-state index contributed by atoms with van der Waals surface area (Å²) in [7, 11) is 0. The average Bonchev–Trinajstić information content (AvgIpc) is 2.92. The third kappa shape index (κ3) is 5.43. The molecule has 7 nitrogen and oxygen atoms in total. The van der Waals surface area contributed by atoms with Crippen molar-refractivity contribution in [3.63, 3.8) is 0 Å². The van der Waals surface area contributed by atoms with Gasteiger partial charge in [-0.2, -0.15) is 0 Å². The molecular weight excluding hydrogens is 476 g/mol. The van der Waals surface area contributed by atoms with E-state index in [4.69, 9.17) is 5.73 Å². The summed E-state index contributed by atoms with van der Waals surface area (Å²) in [5, 5.41) is 3.07. The van der Waals surface area contributed by atoms with Crippen LogP contribution in [-0.2, 0) is 12.1 Å². The van der Waals surface area contributed by atoms with E-state index >= 15 is 0 Å². The molecule has 1 aliphatic carbocycles. The van der Waals surface area contributed by atoms with Gasteiger partial charge in [-0.25, -0.2) is 8.78 Å². The summed E-state index contributed by atoms with van der Waals surface area (Å²) in [5.41, 5.74) is 7.76. The van der Waals surface area contributed by atoms with Crippen LogP contribution < -0.4 is 16.6 Å². The average molecular weight is 510 g/mol. The van der Waals surface area contributed by atoms with Crippen molar-refractivity contribution in [3.05, 3.63) is 81.5 Å². The summed E-state index contributed by atoms with van der Waals surface area (Å²) in [6.07, 6.45) is 6.90. The zero-order valence-corrected chi connectivity index (χ0v) is 20.8. The summed E-state index contributed by atoms with van der Waals surface area (Å²) < 4.78 is 27.9. The van der Waals surface area contributed by atoms with Gasteiger partial charge < -0.3 is 11.1 Å². The molecule has 3 N–H and O–H groups in total. The molecule has 196 valence electrons. The van der Waals surface area contributed by atoms with E-state index in [0.29, 0.717) is 38.2 Å². The van der Waals surface area contributed by atoms with Crippen molar-refractivity contribution in [1.29, 1.82) is 0 Å². The smallest absolute Gasteiger partial charge is 0.267 e. The topological polar surface area (TPSA) is 92.7 Å². The van der Waals surface area contributed by atoms with Crippen LogP contribution in [0.15, 0.2) is 53.6 Å². The molecule has 5 rings (SSSR count). The highest BCUT2D eigenvalue weighted by Crippen LogP contribution is 2.32. The number of nitrogens with zero attached hydrogens (tertiary/aromatic N) is 3. The van der Waals surface area contributed by atoms with Gasteiger partial charge in [0, 0.05) is 43.6 Å². The molecule has 2 fully saturated rings. The second-order valence-corrected chi connectivity index (χ2v) is 10.4. The van der Waals surface area contributed by atoms with Gasteiger partial charge in [0.15, 0.2) is 0 Å². The largest absolute Gasteiger partial charge is 0.349 e. The van der Waals surface area contributed by atoms with Gasteiger partial charge >= 0.3 is 0 Å². The molecule has 3 aromatic heterocycles. The van der Waals surface area contributed by atoms with E-state index < -0.39 is 12.0 Å². The normalized spacial score (nSPS) is 18.8. The fourth-order valence-corrected chi connectivity index (χ4v) is 5.58. The summed E-state index contributed by atoms with van der Waals surface area (Å²) >= 11 is 0. The molecule has 0 atom stereocenters. The van der Waals surface area contributed by atoms with Gasteiger partial charge in [0.05, 0.1) is 16.7 Å². The van der Waals surface area contributed by atoms with Crippen LogP contribution in [0.4, 0.5) is 8.78 Å². The van der Waals surface area contributed by atoms with Crippen LogP contribution >= 0.6 is 0 Å². The maximum Gasteiger partial charge on any atom is 0.267 e. The molecule has 1 aliphatic heterocycles. The first kappa shape index (κ1) is 25.5. The lowest BCUT2D eigenvalue weighted by atomic mass is 9.84. The van der Waals surface area contributed by atoms with Crippen molar-refractivity contribution in [3.8, 4) is 0 Å². The third-order valence-corrected chi connectivity index (χ3v) is 7.83. The Hall–Kier alpha value is -3.17. The molecule has 1 amide bonds. The van der Waals surface area contributed by atoms with E-state index in [1.165, 1.54) is 24.8 Å². The van der Waals surface area contributed by atoms with Crippen molar-refractivity contribution < 1.29 is 13.6 Å². The summed E-state index contributed by atoms with van der Waals surface area (Å²) in [6, 6.07) is 10.1. The zero-order chi connectivity index (χ0) is 26.0. The molecule has 0 unspecified atom stereocenters. The van der Waals surface area contributed by atoms with Gasteiger partial charge in [-0.05, 0) is 61.6 Å². The van der Waals surface area contributed by atoms with Crippen molar-refractivity contribution >= 4 is 11.4 Å². The predicted octanol–water partition coefficient (Wildman–Crippen LogP) is 4.14. The fourth-order valence-electron chi connectivity index (χ4n) is 5.58. The summed E-state index contributed by atoms with van der Waals surface area (Å²) in [5.74, 6) is -0.319. The number of piperidine rings is 1. The Morgan fingerprint density at radius 2 is 1.89 bits per heavy atom. The minimum atomic E-state index is -2.57. The number of alkyl halides is 2. The Labute approximate surface area is 214 Å². The molecule has 4 heterocycles. The van der Waals surface area contributed by atoms with Gasteiger partial charge in [0.2, 0.25) is 0 Å². The Morgan fingerprint density at radius 1 is 1.14 bits per heavy atom. The van der Waals surface area contributed by atoms with E-state index in [1.807, 2.05) is 12.1 Å². The predicted molar refractivity (Wildman–Crippen MR) is 138 cm³/mol. The van der Waals surface area contributed by atoms with E-state index in [1.54, 1.807) is 22.7 Å². The van der Waals surface area contributed by atoms with Gasteiger partial charge in [0.1, 0.15) is 5.56 Å². The van der Waals surface area contributed by atoms with Gasteiger partial charge in [-0.15, -0.1) is 0 Å². The minimum absolute atomic E-state index is 0.0718. The maximum absolute atomic E-state index is 13.2. The van der Waals surface area contributed by atoms with Crippen LogP contribution in [0.5, 0.6) is 0 Å². The van der Waals surface area contributed by atoms with Crippen LogP contribution in [0.2, 0.25) is 0 Å². The molecule has 1 saturated carbocycles. The van der Waals surface area contributed by atoms with Crippen molar-refractivity contribution in [1.82, 2.24) is 19.6 Å². The van der Waals surface area contributed by atoms with Crippen molar-refractivity contribution in [2.24, 2.45) is 5.73 Å². The number of amides is 1. The molecule has 3 aromatic rings. The number of nitrogens with one attached hydrogen (secondary N) is 1. The number of likely N-dealkylation sites (tertiary alicyclic amines) is 1. The number of fused-ring (bicyclic) bond motifs is 1. The highest BCUT2D eigenvalue weighted by Gasteiger charge is 2.34. The van der Waals surface area contributed by atoms with Crippen LogP contribution in [0.1, 0.15) is 78.6 Å². The van der Waals surface area contributed by atoms with Crippen LogP contribution in [-0.4, -0.2) is 39.3 Å². The lowest BCUT2D eigenvalue weighted by molar-refractivity contribution is 0.0925. The van der Waals surface area contributed by atoms with Gasteiger partial charge in [0.25, 0.3) is 17.9 Å². The zero-order valence-electron chi connectivity index (χ0n) is 20.8. The number of hydrogen-bond acceptors (Lipinski definition) is 5. The quantitative estimate of drug-likeness (QED) is 0.521. The van der Waals surface area contributed by atoms with Crippen molar-refractivity contribution in [2.45, 2.75) is 69.5 Å². The number of halogens is 2. The van der Waals surface area contributed by atoms with Crippen LogP contribution in [0.25, 0.3) is 5.52 Å². The molecule has 2 aliphatic rings. The number of rotatable bonds is 6. The Bertz CT molecular complexity index is 1330. The van der Waals surface area contributed by atoms with E-state index in [-0.39, 0.29) is 28.6 Å². The van der Waals surface area contributed by atoms with Gasteiger partial charge in [-0.1, -0.05) is 25.3 Å². The van der Waals surface area contributed by atoms with Crippen molar-refractivity contribution in [2.75, 3.05) is 13.1 Å².